The molecule has 0 aliphatic heterocycles. The second-order valence-electron chi connectivity index (χ2n) is 5.81. The molecule has 0 saturated carbocycles. The Hall–Kier alpha value is -3.81. The number of carbonyl (C=O) groups excluding carboxylic acids is 1. The molecule has 2 aromatic carbocycles. The van der Waals surface area contributed by atoms with Crippen LogP contribution in [-0.2, 0) is 0 Å². The maximum atomic E-state index is 12.4. The Bertz CT molecular complexity index is 1320. The molecule has 0 aliphatic rings. The van der Waals surface area contributed by atoms with Crippen LogP contribution in [0.3, 0.4) is 0 Å². The Morgan fingerprint density at radius 2 is 1.88 bits per heavy atom. The van der Waals surface area contributed by atoms with Gasteiger partial charge in [0.25, 0.3) is 11.5 Å². The van der Waals surface area contributed by atoms with E-state index in [4.69, 9.17) is 0 Å². The molecule has 3 heterocycles. The van der Waals surface area contributed by atoms with Crippen LogP contribution in [-0.4, -0.2) is 31.3 Å². The van der Waals surface area contributed by atoms with E-state index in [0.717, 1.165) is 32.7 Å². The summed E-state index contributed by atoms with van der Waals surface area (Å²) in [4.78, 5) is 28.2. The summed E-state index contributed by atoms with van der Waals surface area (Å²) < 4.78 is 0. The largest absolute Gasteiger partial charge is 0.307 e. The Kier molecular flexibility index (Phi) is 2.64. The van der Waals surface area contributed by atoms with Gasteiger partial charge in [0, 0.05) is 34.0 Å². The van der Waals surface area contributed by atoms with Gasteiger partial charge in [-0.1, -0.05) is 18.2 Å². The van der Waals surface area contributed by atoms with Crippen LogP contribution in [0.15, 0.2) is 47.4 Å². The van der Waals surface area contributed by atoms with E-state index in [1.807, 2.05) is 24.4 Å². The lowest BCUT2D eigenvalue weighted by atomic mass is 10.1. The van der Waals surface area contributed by atoms with Crippen molar-refractivity contribution in [2.24, 2.45) is 0 Å². The molecule has 0 bridgehead atoms. The van der Waals surface area contributed by atoms with E-state index in [-0.39, 0.29) is 11.5 Å². The minimum absolute atomic E-state index is 0.304. The van der Waals surface area contributed by atoms with E-state index in [0.29, 0.717) is 11.4 Å². The topological polar surface area (TPSA) is 122 Å². The number of rotatable bonds is 2. The Morgan fingerprint density at radius 3 is 2.72 bits per heavy atom. The van der Waals surface area contributed by atoms with Crippen LogP contribution in [0.25, 0.3) is 32.7 Å². The van der Waals surface area contributed by atoms with Crippen molar-refractivity contribution in [3.8, 4) is 0 Å². The van der Waals surface area contributed by atoms with Gasteiger partial charge in [-0.2, -0.15) is 0 Å². The Morgan fingerprint density at radius 1 is 1.00 bits per heavy atom. The van der Waals surface area contributed by atoms with Gasteiger partial charge in [-0.25, -0.2) is 4.98 Å². The minimum atomic E-state index is -0.317. The van der Waals surface area contributed by atoms with Crippen LogP contribution in [0.1, 0.15) is 10.4 Å². The van der Waals surface area contributed by atoms with E-state index in [1.165, 1.54) is 6.07 Å². The summed E-state index contributed by atoms with van der Waals surface area (Å²) in [5.74, 6) is 0.00177. The van der Waals surface area contributed by atoms with Crippen molar-refractivity contribution in [2.75, 3.05) is 5.32 Å². The highest BCUT2D eigenvalue weighted by Crippen LogP contribution is 2.30. The highest BCUT2D eigenvalue weighted by Gasteiger charge is 2.13. The average molecular weight is 332 g/mol. The fraction of sp³-hybridized carbons (Fsp3) is 0. The first-order chi connectivity index (χ1) is 12.2. The van der Waals surface area contributed by atoms with E-state index in [9.17, 15) is 9.59 Å². The molecule has 0 unspecified atom stereocenters. The van der Waals surface area contributed by atoms with Crippen molar-refractivity contribution in [3.05, 3.63) is 58.5 Å². The molecule has 122 valence electrons. The first-order valence-electron chi connectivity index (χ1n) is 7.66. The summed E-state index contributed by atoms with van der Waals surface area (Å²) in [5, 5.41) is 16.7. The number of benzene rings is 2. The fourth-order valence-electron chi connectivity index (χ4n) is 3.09. The van der Waals surface area contributed by atoms with Gasteiger partial charge in [-0.3, -0.25) is 24.9 Å². The lowest BCUT2D eigenvalue weighted by Crippen LogP contribution is -2.12. The molecule has 0 radical (unpaired) electrons. The van der Waals surface area contributed by atoms with Gasteiger partial charge in [0.15, 0.2) is 0 Å². The number of hydrogen-bond acceptors (Lipinski definition) is 3. The van der Waals surface area contributed by atoms with Crippen molar-refractivity contribution in [2.45, 2.75) is 0 Å². The van der Waals surface area contributed by atoms with Crippen molar-refractivity contribution >= 4 is 44.4 Å². The van der Waals surface area contributed by atoms with Gasteiger partial charge in [0.2, 0.25) is 0 Å². The predicted octanol–water partition coefficient (Wildman–Crippen LogP) is 2.47. The van der Waals surface area contributed by atoms with Gasteiger partial charge in [0.05, 0.1) is 16.6 Å². The highest BCUT2D eigenvalue weighted by molar-refractivity contribution is 6.17. The lowest BCUT2D eigenvalue weighted by Gasteiger charge is -2.02. The summed E-state index contributed by atoms with van der Waals surface area (Å²) in [6.45, 7) is 0. The molecule has 8 heteroatoms. The predicted molar refractivity (Wildman–Crippen MR) is 94.8 cm³/mol. The van der Waals surface area contributed by atoms with Crippen LogP contribution < -0.4 is 10.9 Å². The molecule has 0 aliphatic carbocycles. The standard InChI is InChI=1S/C17H12N6O2/c24-14-6-13(21-22-14)20-17(25)8-1-3-10-11-4-2-9-7-18-23-15(9)16(11)19-12(10)5-8/h1-7,18,23H,(H3,20,21,22,24,25). The number of fused-ring (bicyclic) bond motifs is 5. The SMILES string of the molecule is O=C(Nc1cc(=O)[nH][nH]1)c1ccc2c(c1)nc1c2ccc2c[nH][nH]c21. The summed E-state index contributed by atoms with van der Waals surface area (Å²) in [7, 11) is 0. The molecule has 0 spiro atoms. The second kappa shape index (κ2) is 4.84. The van der Waals surface area contributed by atoms with Gasteiger partial charge < -0.3 is 10.4 Å². The van der Waals surface area contributed by atoms with Crippen LogP contribution in [0.4, 0.5) is 5.82 Å². The van der Waals surface area contributed by atoms with E-state index in [1.54, 1.807) is 12.1 Å². The third-order valence-electron chi connectivity index (χ3n) is 4.26. The molecule has 5 aromatic rings. The normalized spacial score (nSPS) is 11.5. The summed E-state index contributed by atoms with van der Waals surface area (Å²) in [6.07, 6.45) is 1.88. The Labute approximate surface area is 139 Å². The van der Waals surface area contributed by atoms with Gasteiger partial charge in [-0.05, 0) is 12.1 Å². The molecule has 1 amide bonds. The number of H-pyrrole nitrogens is 4. The monoisotopic (exact) mass is 332 g/mol. The second-order valence-corrected chi connectivity index (χ2v) is 5.81. The average Bonchev–Trinajstić information content (AvgIpc) is 3.31. The molecule has 0 saturated heterocycles. The van der Waals surface area contributed by atoms with Crippen LogP contribution >= 0.6 is 0 Å². The zero-order chi connectivity index (χ0) is 17.0. The highest BCUT2D eigenvalue weighted by atomic mass is 16.2. The maximum absolute atomic E-state index is 12.4. The smallest absolute Gasteiger partial charge is 0.266 e. The van der Waals surface area contributed by atoms with Crippen LogP contribution in [0, 0.1) is 0 Å². The number of aromatic nitrogens is 5. The van der Waals surface area contributed by atoms with Crippen molar-refractivity contribution in [1.82, 2.24) is 25.4 Å². The Balaban J connectivity index is 1.62. The van der Waals surface area contributed by atoms with E-state index in [2.05, 4.69) is 30.7 Å². The third-order valence-corrected chi connectivity index (χ3v) is 4.26. The summed E-state index contributed by atoms with van der Waals surface area (Å²) in [6, 6.07) is 10.7. The fourth-order valence-corrected chi connectivity index (χ4v) is 3.09. The first-order valence-corrected chi connectivity index (χ1v) is 7.66. The maximum Gasteiger partial charge on any atom is 0.266 e. The number of nitrogens with zero attached hydrogens (tertiary/aromatic N) is 1. The molecule has 8 nitrogen and oxygen atoms in total. The summed E-state index contributed by atoms with van der Waals surface area (Å²) in [5.41, 5.74) is 2.70. The van der Waals surface area contributed by atoms with Gasteiger partial charge in [-0.15, -0.1) is 0 Å². The molecule has 5 rings (SSSR count). The molecule has 25 heavy (non-hydrogen) atoms. The van der Waals surface area contributed by atoms with Crippen LogP contribution in [0.5, 0.6) is 0 Å². The third kappa shape index (κ3) is 2.04. The molecular formula is C17H12N6O2. The lowest BCUT2D eigenvalue weighted by molar-refractivity contribution is 0.102. The molecule has 0 atom stereocenters. The molecule has 0 fully saturated rings. The number of anilines is 1. The number of nitrogens with one attached hydrogen (secondary N) is 5. The van der Waals surface area contributed by atoms with E-state index >= 15 is 0 Å². The van der Waals surface area contributed by atoms with Crippen molar-refractivity contribution in [1.29, 1.82) is 0 Å². The first kappa shape index (κ1) is 13.6. The number of amides is 1. The van der Waals surface area contributed by atoms with E-state index < -0.39 is 0 Å². The minimum Gasteiger partial charge on any atom is -0.307 e. The van der Waals surface area contributed by atoms with Crippen molar-refractivity contribution < 1.29 is 4.79 Å². The summed E-state index contributed by atoms with van der Waals surface area (Å²) >= 11 is 0. The quantitative estimate of drug-likeness (QED) is 0.341. The van der Waals surface area contributed by atoms with Crippen molar-refractivity contribution in [3.63, 3.8) is 0 Å². The number of aromatic amines is 4. The van der Waals surface area contributed by atoms with Crippen LogP contribution in [0.2, 0.25) is 0 Å². The molecule has 5 N–H and O–H groups in total. The van der Waals surface area contributed by atoms with Gasteiger partial charge in [0.1, 0.15) is 5.82 Å². The van der Waals surface area contributed by atoms with Gasteiger partial charge >= 0.3 is 0 Å². The molecular weight excluding hydrogens is 320 g/mol. The zero-order valence-electron chi connectivity index (χ0n) is 12.8. The zero-order valence-corrected chi connectivity index (χ0v) is 12.8. The number of hydrogen-bond donors (Lipinski definition) is 5. The molecule has 3 aromatic heterocycles. The number of carbonyl (C=O) groups is 1.